The predicted molar refractivity (Wildman–Crippen MR) is 137 cm³/mol. The molecule has 0 atom stereocenters. The Labute approximate surface area is 209 Å². The number of hydrogen-bond donors (Lipinski definition) is 0. The largest absolute Gasteiger partial charge is 0.494 e. The van der Waals surface area contributed by atoms with Crippen LogP contribution in [0.25, 0.3) is 10.2 Å². The van der Waals surface area contributed by atoms with Crippen molar-refractivity contribution in [2.24, 2.45) is 0 Å². The molecule has 0 radical (unpaired) electrons. The van der Waals surface area contributed by atoms with Crippen molar-refractivity contribution in [3.8, 4) is 11.5 Å². The maximum Gasteiger partial charge on any atom is 0.233 e. The molecule has 4 rings (SSSR count). The van der Waals surface area contributed by atoms with Gasteiger partial charge in [0.05, 0.1) is 43.1 Å². The Bertz CT molecular complexity index is 1100. The fourth-order valence-corrected chi connectivity index (χ4v) is 5.27. The van der Waals surface area contributed by atoms with Gasteiger partial charge in [-0.05, 0) is 43.2 Å². The number of morpholine rings is 1. The van der Waals surface area contributed by atoms with Gasteiger partial charge in [0.2, 0.25) is 5.91 Å². The Morgan fingerprint density at radius 2 is 1.97 bits per heavy atom. The van der Waals surface area contributed by atoms with Gasteiger partial charge in [-0.3, -0.25) is 14.6 Å². The molecule has 0 aliphatic carbocycles. The molecule has 0 bridgehead atoms. The number of ether oxygens (including phenoxy) is 3. The number of hydrogen-bond acceptors (Lipinski definition) is 7. The molecule has 0 N–H and O–H groups in total. The first kappa shape index (κ1) is 24.7. The number of rotatable bonds is 10. The highest BCUT2D eigenvalue weighted by Gasteiger charge is 2.23. The highest BCUT2D eigenvalue weighted by molar-refractivity contribution is 7.23. The van der Waals surface area contributed by atoms with Crippen LogP contribution >= 0.6 is 22.9 Å². The molecule has 2 heterocycles. The average Bonchev–Trinajstić information content (AvgIpc) is 3.30. The molecule has 1 aromatic heterocycles. The molecule has 1 saturated heterocycles. The summed E-state index contributed by atoms with van der Waals surface area (Å²) in [6, 6.07) is 11.3. The zero-order valence-corrected chi connectivity index (χ0v) is 21.2. The molecule has 0 spiro atoms. The summed E-state index contributed by atoms with van der Waals surface area (Å²) in [6.07, 6.45) is 1.13. The second kappa shape index (κ2) is 11.8. The highest BCUT2D eigenvalue weighted by Crippen LogP contribution is 2.39. The quantitative estimate of drug-likeness (QED) is 0.401. The molecule has 1 fully saturated rings. The van der Waals surface area contributed by atoms with Crippen molar-refractivity contribution >= 4 is 44.2 Å². The maximum atomic E-state index is 13.5. The summed E-state index contributed by atoms with van der Waals surface area (Å²) < 4.78 is 17.3. The number of aromatic nitrogens is 1. The fourth-order valence-electron chi connectivity index (χ4n) is 3.97. The first-order valence-electron chi connectivity index (χ1n) is 11.5. The summed E-state index contributed by atoms with van der Waals surface area (Å²) in [5.74, 6) is 1.45. The minimum atomic E-state index is 0.000262. The van der Waals surface area contributed by atoms with E-state index < -0.39 is 0 Å². The van der Waals surface area contributed by atoms with Crippen LogP contribution in [0.3, 0.4) is 0 Å². The van der Waals surface area contributed by atoms with E-state index in [9.17, 15) is 4.79 Å². The van der Waals surface area contributed by atoms with E-state index in [0.717, 1.165) is 55.3 Å². The third-order valence-corrected chi connectivity index (χ3v) is 7.29. The van der Waals surface area contributed by atoms with Gasteiger partial charge in [-0.15, -0.1) is 0 Å². The van der Waals surface area contributed by atoms with Gasteiger partial charge in [0.1, 0.15) is 17.0 Å². The average molecular weight is 504 g/mol. The van der Waals surface area contributed by atoms with Crippen LogP contribution in [0.1, 0.15) is 18.9 Å². The molecule has 9 heteroatoms. The molecule has 1 aliphatic heterocycles. The van der Waals surface area contributed by atoms with Crippen molar-refractivity contribution in [3.05, 3.63) is 47.0 Å². The fraction of sp³-hybridized carbons (Fsp3) is 0.440. The summed E-state index contributed by atoms with van der Waals surface area (Å²) in [5, 5.41) is 1.24. The number of thiazole rings is 1. The van der Waals surface area contributed by atoms with Gasteiger partial charge in [-0.2, -0.15) is 0 Å². The van der Waals surface area contributed by atoms with E-state index in [1.807, 2.05) is 31.2 Å². The molecule has 7 nitrogen and oxygen atoms in total. The van der Waals surface area contributed by atoms with Crippen LogP contribution in [-0.2, 0) is 16.0 Å². The summed E-state index contributed by atoms with van der Waals surface area (Å²) in [5.41, 5.74) is 1.62. The van der Waals surface area contributed by atoms with Crippen molar-refractivity contribution in [1.82, 2.24) is 9.88 Å². The van der Waals surface area contributed by atoms with Crippen molar-refractivity contribution in [1.29, 1.82) is 0 Å². The topological polar surface area (TPSA) is 64.1 Å². The van der Waals surface area contributed by atoms with Crippen LogP contribution in [0.2, 0.25) is 5.02 Å². The van der Waals surface area contributed by atoms with Crippen LogP contribution < -0.4 is 14.4 Å². The Kier molecular flexibility index (Phi) is 8.61. The van der Waals surface area contributed by atoms with Crippen LogP contribution in [0.5, 0.6) is 11.5 Å². The van der Waals surface area contributed by atoms with Gasteiger partial charge < -0.3 is 14.2 Å². The first-order chi connectivity index (χ1) is 16.6. The number of carbonyl (C=O) groups excluding carboxylic acids is 1. The zero-order chi connectivity index (χ0) is 23.9. The van der Waals surface area contributed by atoms with Crippen molar-refractivity contribution in [2.45, 2.75) is 19.8 Å². The van der Waals surface area contributed by atoms with Crippen LogP contribution in [-0.4, -0.2) is 68.9 Å². The smallest absolute Gasteiger partial charge is 0.233 e. The second-order valence-electron chi connectivity index (χ2n) is 8.03. The Hall–Kier alpha value is -2.39. The predicted octanol–water partition coefficient (Wildman–Crippen LogP) is 4.66. The molecule has 1 aliphatic rings. The monoisotopic (exact) mass is 503 g/mol. The Balaban J connectivity index is 1.55. The van der Waals surface area contributed by atoms with Gasteiger partial charge in [-0.1, -0.05) is 35.1 Å². The van der Waals surface area contributed by atoms with Gasteiger partial charge in [-0.25, -0.2) is 4.98 Å². The minimum Gasteiger partial charge on any atom is -0.494 e. The van der Waals surface area contributed by atoms with Gasteiger partial charge in [0, 0.05) is 26.2 Å². The maximum absolute atomic E-state index is 13.5. The molecule has 34 heavy (non-hydrogen) atoms. The molecular formula is C25H30ClN3O4S. The van der Waals surface area contributed by atoms with E-state index >= 15 is 0 Å². The third kappa shape index (κ3) is 5.99. The summed E-state index contributed by atoms with van der Waals surface area (Å²) in [4.78, 5) is 22.4. The number of benzene rings is 2. The van der Waals surface area contributed by atoms with Crippen LogP contribution in [0.4, 0.5) is 5.13 Å². The Morgan fingerprint density at radius 1 is 1.21 bits per heavy atom. The minimum absolute atomic E-state index is 0.000262. The van der Waals surface area contributed by atoms with Crippen molar-refractivity contribution < 1.29 is 19.0 Å². The number of nitrogens with zero attached hydrogens (tertiary/aromatic N) is 3. The van der Waals surface area contributed by atoms with Gasteiger partial charge in [0.15, 0.2) is 5.13 Å². The summed E-state index contributed by atoms with van der Waals surface area (Å²) in [6.45, 7) is 7.41. The van der Waals surface area contributed by atoms with E-state index in [2.05, 4.69) is 4.90 Å². The number of fused-ring (bicyclic) bond motifs is 1. The second-order valence-corrected chi connectivity index (χ2v) is 9.42. The van der Waals surface area contributed by atoms with E-state index in [-0.39, 0.29) is 12.3 Å². The summed E-state index contributed by atoms with van der Waals surface area (Å²) >= 11 is 7.86. The normalized spacial score (nSPS) is 14.3. The molecule has 0 saturated carbocycles. The van der Waals surface area contributed by atoms with E-state index in [4.69, 9.17) is 30.8 Å². The third-order valence-electron chi connectivity index (χ3n) is 5.75. The van der Waals surface area contributed by atoms with Crippen molar-refractivity contribution in [2.75, 3.05) is 58.0 Å². The van der Waals surface area contributed by atoms with Gasteiger partial charge in [0.25, 0.3) is 0 Å². The van der Waals surface area contributed by atoms with Gasteiger partial charge >= 0.3 is 0 Å². The Morgan fingerprint density at radius 3 is 2.68 bits per heavy atom. The van der Waals surface area contributed by atoms with Crippen molar-refractivity contribution in [3.63, 3.8) is 0 Å². The highest BCUT2D eigenvalue weighted by atomic mass is 35.5. The first-order valence-corrected chi connectivity index (χ1v) is 12.7. The molecule has 0 unspecified atom stereocenters. The molecule has 182 valence electrons. The molecule has 3 aromatic rings. The lowest BCUT2D eigenvalue weighted by molar-refractivity contribution is -0.118. The lowest BCUT2D eigenvalue weighted by Crippen LogP contribution is -2.39. The number of methoxy groups -OCH3 is 1. The van der Waals surface area contributed by atoms with Crippen LogP contribution in [0, 0.1) is 0 Å². The molecule has 1 amide bonds. The molecule has 2 aromatic carbocycles. The van der Waals surface area contributed by atoms with E-state index in [1.54, 1.807) is 24.1 Å². The SMILES string of the molecule is CCOc1ccc(CC(=O)N(CCCN2CCOCC2)c2nc3c(OC)ccc(Cl)c3s2)cc1. The van der Waals surface area contributed by atoms with Crippen LogP contribution in [0.15, 0.2) is 36.4 Å². The van der Waals surface area contributed by atoms with E-state index in [1.165, 1.54) is 11.3 Å². The molecular weight excluding hydrogens is 474 g/mol. The number of amides is 1. The zero-order valence-electron chi connectivity index (χ0n) is 19.6. The lowest BCUT2D eigenvalue weighted by Gasteiger charge is -2.27. The number of anilines is 1. The lowest BCUT2D eigenvalue weighted by atomic mass is 10.1. The van der Waals surface area contributed by atoms with E-state index in [0.29, 0.717) is 34.6 Å². The number of halogens is 1. The standard InChI is InChI=1S/C25H30ClN3O4S/c1-3-33-19-7-5-18(6-8-19)17-22(30)29(12-4-11-28-13-15-32-16-14-28)25-27-23-21(31-2)10-9-20(26)24(23)34-25/h5-10H,3-4,11-17H2,1-2H3. The number of carbonyl (C=O) groups is 1. The summed E-state index contributed by atoms with van der Waals surface area (Å²) in [7, 11) is 1.61.